The summed E-state index contributed by atoms with van der Waals surface area (Å²) in [5.74, 6) is 1.92. The molecule has 15 heavy (non-hydrogen) atoms. The van der Waals surface area contributed by atoms with Crippen molar-refractivity contribution in [2.45, 2.75) is 45.2 Å². The quantitative estimate of drug-likeness (QED) is 0.796. The number of aromatic nitrogens is 1. The van der Waals surface area contributed by atoms with Crippen LogP contribution in [0, 0.1) is 0 Å². The fourth-order valence-electron chi connectivity index (χ4n) is 1.41. The molecule has 0 aromatic carbocycles. The van der Waals surface area contributed by atoms with Crippen LogP contribution in [0.3, 0.4) is 0 Å². The first-order valence-corrected chi connectivity index (χ1v) is 5.55. The summed E-state index contributed by atoms with van der Waals surface area (Å²) in [5, 5.41) is 6.75. The Kier molecular flexibility index (Phi) is 2.55. The topological polar surface area (TPSA) is 37.0 Å². The van der Waals surface area contributed by atoms with Gasteiger partial charge in [0.25, 0.3) is 0 Å². The number of nitrogens with one attached hydrogen (secondary N) is 2. The van der Waals surface area contributed by atoms with Gasteiger partial charge in [-0.05, 0) is 45.7 Å². The Morgan fingerprint density at radius 2 is 1.87 bits per heavy atom. The predicted molar refractivity (Wildman–Crippen MR) is 64.3 cm³/mol. The van der Waals surface area contributed by atoms with Crippen molar-refractivity contribution >= 4 is 11.6 Å². The van der Waals surface area contributed by atoms with Gasteiger partial charge in [0, 0.05) is 11.6 Å². The molecule has 1 aliphatic carbocycles. The van der Waals surface area contributed by atoms with Gasteiger partial charge in [0.15, 0.2) is 0 Å². The molecular weight excluding hydrogens is 186 g/mol. The third-order valence-electron chi connectivity index (χ3n) is 2.18. The predicted octanol–water partition coefficient (Wildman–Crippen LogP) is 2.87. The molecule has 0 amide bonds. The second kappa shape index (κ2) is 3.72. The van der Waals surface area contributed by atoms with Crippen molar-refractivity contribution in [2.75, 3.05) is 10.6 Å². The molecule has 0 spiro atoms. The van der Waals surface area contributed by atoms with Gasteiger partial charge in [-0.1, -0.05) is 6.07 Å². The van der Waals surface area contributed by atoms with Crippen LogP contribution in [0.2, 0.25) is 0 Å². The zero-order valence-electron chi connectivity index (χ0n) is 9.67. The number of rotatable bonds is 3. The van der Waals surface area contributed by atoms with Crippen molar-refractivity contribution < 1.29 is 0 Å². The largest absolute Gasteiger partial charge is 0.367 e. The van der Waals surface area contributed by atoms with Gasteiger partial charge in [-0.2, -0.15) is 0 Å². The smallest absolute Gasteiger partial charge is 0.128 e. The Hall–Kier alpha value is -1.25. The molecule has 82 valence electrons. The molecule has 1 heterocycles. The van der Waals surface area contributed by atoms with Crippen molar-refractivity contribution in [3.05, 3.63) is 18.2 Å². The van der Waals surface area contributed by atoms with Crippen molar-refractivity contribution in [1.29, 1.82) is 0 Å². The first kappa shape index (κ1) is 10.3. The third kappa shape index (κ3) is 3.42. The second-order valence-electron chi connectivity index (χ2n) is 5.20. The van der Waals surface area contributed by atoms with Gasteiger partial charge in [0.2, 0.25) is 0 Å². The molecule has 0 atom stereocenters. The van der Waals surface area contributed by atoms with Gasteiger partial charge in [-0.25, -0.2) is 4.98 Å². The molecule has 1 saturated carbocycles. The molecule has 0 saturated heterocycles. The van der Waals surface area contributed by atoms with E-state index in [1.165, 1.54) is 12.8 Å². The van der Waals surface area contributed by atoms with E-state index in [9.17, 15) is 0 Å². The highest BCUT2D eigenvalue weighted by atomic mass is 15.1. The van der Waals surface area contributed by atoms with Crippen LogP contribution < -0.4 is 10.6 Å². The van der Waals surface area contributed by atoms with E-state index in [0.29, 0.717) is 6.04 Å². The van der Waals surface area contributed by atoms with E-state index in [4.69, 9.17) is 0 Å². The monoisotopic (exact) mass is 205 g/mol. The Labute approximate surface area is 91.3 Å². The Bertz CT molecular complexity index is 337. The maximum Gasteiger partial charge on any atom is 0.128 e. The molecule has 2 N–H and O–H groups in total. The standard InChI is InChI=1S/C12H19N3/c1-12(2,3)15-11-6-4-5-10(14-11)13-9-7-8-9/h4-6,9H,7-8H2,1-3H3,(H2,13,14,15). The van der Waals surface area contributed by atoms with Crippen LogP contribution in [0.25, 0.3) is 0 Å². The van der Waals surface area contributed by atoms with Crippen LogP contribution in [0.1, 0.15) is 33.6 Å². The van der Waals surface area contributed by atoms with Gasteiger partial charge < -0.3 is 10.6 Å². The lowest BCUT2D eigenvalue weighted by molar-refractivity contribution is 0.630. The molecule has 2 rings (SSSR count). The molecule has 0 aliphatic heterocycles. The van der Waals surface area contributed by atoms with E-state index in [1.807, 2.05) is 18.2 Å². The summed E-state index contributed by atoms with van der Waals surface area (Å²) in [6.07, 6.45) is 2.55. The van der Waals surface area contributed by atoms with E-state index in [0.717, 1.165) is 11.6 Å². The van der Waals surface area contributed by atoms with E-state index in [-0.39, 0.29) is 5.54 Å². The van der Waals surface area contributed by atoms with E-state index in [2.05, 4.69) is 36.4 Å². The molecular formula is C12H19N3. The average molecular weight is 205 g/mol. The minimum Gasteiger partial charge on any atom is -0.367 e. The number of hydrogen-bond donors (Lipinski definition) is 2. The lowest BCUT2D eigenvalue weighted by atomic mass is 10.1. The molecule has 1 aromatic rings. The molecule has 0 radical (unpaired) electrons. The van der Waals surface area contributed by atoms with Crippen LogP contribution in [-0.2, 0) is 0 Å². The molecule has 3 heteroatoms. The van der Waals surface area contributed by atoms with Crippen LogP contribution in [0.4, 0.5) is 11.6 Å². The normalized spacial score (nSPS) is 16.2. The minimum absolute atomic E-state index is 0.0607. The average Bonchev–Trinajstić information content (AvgIpc) is 2.85. The molecule has 1 aromatic heterocycles. The zero-order valence-corrected chi connectivity index (χ0v) is 9.67. The van der Waals surface area contributed by atoms with Gasteiger partial charge in [0.05, 0.1) is 0 Å². The highest BCUT2D eigenvalue weighted by molar-refractivity contribution is 5.47. The Morgan fingerprint density at radius 1 is 1.20 bits per heavy atom. The molecule has 1 fully saturated rings. The van der Waals surface area contributed by atoms with Crippen molar-refractivity contribution in [1.82, 2.24) is 4.98 Å². The number of nitrogens with zero attached hydrogens (tertiary/aromatic N) is 1. The van der Waals surface area contributed by atoms with Crippen LogP contribution >= 0.6 is 0 Å². The lowest BCUT2D eigenvalue weighted by Gasteiger charge is -2.21. The maximum absolute atomic E-state index is 4.52. The minimum atomic E-state index is 0.0607. The second-order valence-corrected chi connectivity index (χ2v) is 5.20. The van der Waals surface area contributed by atoms with Crippen LogP contribution in [0.5, 0.6) is 0 Å². The molecule has 0 bridgehead atoms. The number of hydrogen-bond acceptors (Lipinski definition) is 3. The Morgan fingerprint density at radius 3 is 2.47 bits per heavy atom. The van der Waals surface area contributed by atoms with E-state index >= 15 is 0 Å². The summed E-state index contributed by atoms with van der Waals surface area (Å²) in [4.78, 5) is 4.52. The third-order valence-corrected chi connectivity index (χ3v) is 2.18. The van der Waals surface area contributed by atoms with Crippen LogP contribution in [-0.4, -0.2) is 16.6 Å². The zero-order chi connectivity index (χ0) is 10.9. The van der Waals surface area contributed by atoms with Gasteiger partial charge in [-0.3, -0.25) is 0 Å². The van der Waals surface area contributed by atoms with E-state index < -0.39 is 0 Å². The van der Waals surface area contributed by atoms with Crippen molar-refractivity contribution in [3.8, 4) is 0 Å². The highest BCUT2D eigenvalue weighted by Gasteiger charge is 2.21. The number of anilines is 2. The van der Waals surface area contributed by atoms with Crippen molar-refractivity contribution in [3.63, 3.8) is 0 Å². The highest BCUT2D eigenvalue weighted by Crippen LogP contribution is 2.24. The maximum atomic E-state index is 4.52. The van der Waals surface area contributed by atoms with E-state index in [1.54, 1.807) is 0 Å². The first-order valence-electron chi connectivity index (χ1n) is 5.55. The SMILES string of the molecule is CC(C)(C)Nc1cccc(NC2CC2)n1. The van der Waals surface area contributed by atoms with Gasteiger partial charge in [0.1, 0.15) is 11.6 Å². The van der Waals surface area contributed by atoms with Crippen LogP contribution in [0.15, 0.2) is 18.2 Å². The summed E-state index contributed by atoms with van der Waals surface area (Å²) >= 11 is 0. The Balaban J connectivity index is 2.04. The first-order chi connectivity index (χ1) is 7.03. The summed E-state index contributed by atoms with van der Waals surface area (Å²) in [6.45, 7) is 6.40. The molecule has 0 unspecified atom stereocenters. The summed E-state index contributed by atoms with van der Waals surface area (Å²) in [6, 6.07) is 6.71. The van der Waals surface area contributed by atoms with Gasteiger partial charge >= 0.3 is 0 Å². The number of pyridine rings is 1. The fraction of sp³-hybridized carbons (Fsp3) is 0.583. The molecule has 3 nitrogen and oxygen atoms in total. The lowest BCUT2D eigenvalue weighted by Crippen LogP contribution is -2.26. The summed E-state index contributed by atoms with van der Waals surface area (Å²) in [5.41, 5.74) is 0.0607. The molecule has 1 aliphatic rings. The fourth-order valence-corrected chi connectivity index (χ4v) is 1.41. The summed E-state index contributed by atoms with van der Waals surface area (Å²) < 4.78 is 0. The van der Waals surface area contributed by atoms with Gasteiger partial charge in [-0.15, -0.1) is 0 Å². The van der Waals surface area contributed by atoms with Crippen molar-refractivity contribution in [2.24, 2.45) is 0 Å². The summed E-state index contributed by atoms with van der Waals surface area (Å²) in [7, 11) is 0.